The fourth-order valence-electron chi connectivity index (χ4n) is 4.47. The van der Waals surface area contributed by atoms with Gasteiger partial charge in [0.05, 0.1) is 10.6 Å². The van der Waals surface area contributed by atoms with E-state index in [2.05, 4.69) is 58.6 Å². The molecule has 3 heterocycles. The van der Waals surface area contributed by atoms with Crippen LogP contribution in [0.5, 0.6) is 0 Å². The number of ketones is 1. The number of hydrogen-bond donors (Lipinski definition) is 0. The zero-order chi connectivity index (χ0) is 19.8. The van der Waals surface area contributed by atoms with Crippen LogP contribution in [0.2, 0.25) is 0 Å². The van der Waals surface area contributed by atoms with E-state index in [-0.39, 0.29) is 13.2 Å². The van der Waals surface area contributed by atoms with Crippen LogP contribution < -0.4 is 0 Å². The molecular formula is C26H28N2OS. The maximum Gasteiger partial charge on any atom is 0.177 e. The minimum absolute atomic E-state index is 0. The second-order valence-electron chi connectivity index (χ2n) is 8.00. The molecule has 2 aromatic heterocycles. The van der Waals surface area contributed by atoms with E-state index in [9.17, 15) is 4.79 Å². The van der Waals surface area contributed by atoms with Gasteiger partial charge in [0.15, 0.2) is 5.78 Å². The fourth-order valence-corrected chi connectivity index (χ4v) is 5.31. The summed E-state index contributed by atoms with van der Waals surface area (Å²) in [5.74, 6) is 0.251. The second kappa shape index (κ2) is 8.66. The molecule has 0 unspecified atom stereocenters. The van der Waals surface area contributed by atoms with Crippen molar-refractivity contribution in [2.75, 3.05) is 13.1 Å². The van der Waals surface area contributed by atoms with Gasteiger partial charge < -0.3 is 0 Å². The molecule has 4 heteroatoms. The van der Waals surface area contributed by atoms with Gasteiger partial charge in [-0.2, -0.15) is 0 Å². The summed E-state index contributed by atoms with van der Waals surface area (Å²) >= 11 is 1.59. The highest BCUT2D eigenvalue weighted by atomic mass is 32.1. The van der Waals surface area contributed by atoms with Gasteiger partial charge >= 0.3 is 0 Å². The van der Waals surface area contributed by atoms with E-state index < -0.39 is 0 Å². The molecule has 3 nitrogen and oxygen atoms in total. The third-order valence-corrected chi connectivity index (χ3v) is 6.95. The highest BCUT2D eigenvalue weighted by Crippen LogP contribution is 2.40. The van der Waals surface area contributed by atoms with Crippen LogP contribution in [0.15, 0.2) is 59.6 Å². The van der Waals surface area contributed by atoms with Crippen LogP contribution in [0.1, 0.15) is 57.9 Å². The Bertz CT molecular complexity index is 1080. The molecule has 2 aliphatic rings. The largest absolute Gasteiger partial charge is 0.297 e. The number of nitrogens with zero attached hydrogens (tertiary/aromatic N) is 2. The van der Waals surface area contributed by atoms with Crippen LogP contribution in [0.4, 0.5) is 0 Å². The van der Waals surface area contributed by atoms with Crippen LogP contribution >= 0.6 is 11.3 Å². The summed E-state index contributed by atoms with van der Waals surface area (Å²) in [5.41, 5.74) is 8.70. The number of benzene rings is 1. The standard InChI is InChI=1S/C25H24N2OS.CH4/c1-17-6-7-20(26-15-17)16-27-11-8-18(9-12-27)24-21-5-3-2-4-19(21)14-23(28)25-22(24)10-13-29-25;/h2-7,10,13,15H,8-9,11-12,14,16H2,1H3;1H4. The second-order valence-corrected chi connectivity index (χ2v) is 8.92. The third kappa shape index (κ3) is 3.90. The number of piperidine rings is 1. The molecular weight excluding hydrogens is 388 g/mol. The Balaban J connectivity index is 0.00000218. The number of carbonyl (C=O) groups excluding carboxylic acids is 1. The highest BCUT2D eigenvalue weighted by Gasteiger charge is 2.27. The van der Waals surface area contributed by atoms with Crippen LogP contribution in [-0.4, -0.2) is 28.8 Å². The Labute approximate surface area is 183 Å². The van der Waals surface area contributed by atoms with E-state index in [4.69, 9.17) is 0 Å². The Kier molecular flexibility index (Phi) is 5.98. The van der Waals surface area contributed by atoms with Crippen LogP contribution in [0.3, 0.4) is 0 Å². The molecule has 0 atom stereocenters. The van der Waals surface area contributed by atoms with Gasteiger partial charge in [-0.3, -0.25) is 14.7 Å². The van der Waals surface area contributed by atoms with E-state index in [1.165, 1.54) is 22.3 Å². The summed E-state index contributed by atoms with van der Waals surface area (Å²) in [5, 5.41) is 2.06. The van der Waals surface area contributed by atoms with Crippen molar-refractivity contribution in [1.29, 1.82) is 0 Å². The third-order valence-electron chi connectivity index (χ3n) is 6.00. The highest BCUT2D eigenvalue weighted by molar-refractivity contribution is 7.12. The number of carbonyl (C=O) groups is 1. The predicted molar refractivity (Wildman–Crippen MR) is 125 cm³/mol. The van der Waals surface area contributed by atoms with Crippen molar-refractivity contribution in [2.24, 2.45) is 0 Å². The lowest BCUT2D eigenvalue weighted by molar-refractivity contribution is 0.0997. The van der Waals surface area contributed by atoms with Crippen molar-refractivity contribution in [3.05, 3.63) is 92.4 Å². The average molecular weight is 417 g/mol. The first-order chi connectivity index (χ1) is 14.2. The Morgan fingerprint density at radius 1 is 1.03 bits per heavy atom. The van der Waals surface area contributed by atoms with Gasteiger partial charge in [0.25, 0.3) is 0 Å². The number of pyridine rings is 1. The van der Waals surface area contributed by atoms with Crippen molar-refractivity contribution >= 4 is 22.7 Å². The minimum Gasteiger partial charge on any atom is -0.297 e. The van der Waals surface area contributed by atoms with Crippen molar-refractivity contribution in [1.82, 2.24) is 9.88 Å². The van der Waals surface area contributed by atoms with Crippen molar-refractivity contribution in [3.63, 3.8) is 0 Å². The number of rotatable bonds is 2. The lowest BCUT2D eigenvalue weighted by Crippen LogP contribution is -2.31. The number of aromatic nitrogens is 1. The molecule has 154 valence electrons. The smallest absolute Gasteiger partial charge is 0.177 e. The molecule has 0 N–H and O–H groups in total. The monoisotopic (exact) mass is 416 g/mol. The zero-order valence-electron chi connectivity index (χ0n) is 16.6. The maximum atomic E-state index is 12.8. The first kappa shape index (κ1) is 20.7. The number of likely N-dealkylation sites (tertiary alicyclic amines) is 1. The first-order valence-corrected chi connectivity index (χ1v) is 11.1. The minimum atomic E-state index is 0. The van der Waals surface area contributed by atoms with E-state index in [0.717, 1.165) is 54.2 Å². The lowest BCUT2D eigenvalue weighted by atomic mass is 9.87. The maximum absolute atomic E-state index is 12.8. The Morgan fingerprint density at radius 2 is 1.83 bits per heavy atom. The normalized spacial score (nSPS) is 16.5. The predicted octanol–water partition coefficient (Wildman–Crippen LogP) is 5.92. The number of aryl methyl sites for hydroxylation is 1. The zero-order valence-corrected chi connectivity index (χ0v) is 17.5. The van der Waals surface area contributed by atoms with Gasteiger partial charge in [-0.05, 0) is 59.5 Å². The fraction of sp³-hybridized carbons (Fsp3) is 0.308. The molecule has 3 aromatic rings. The van der Waals surface area contributed by atoms with Crippen LogP contribution in [0, 0.1) is 6.92 Å². The molecule has 0 radical (unpaired) electrons. The number of Topliss-reactive ketones (excluding diaryl/α,β-unsaturated/α-hetero) is 1. The molecule has 1 aliphatic carbocycles. The Morgan fingerprint density at radius 3 is 2.60 bits per heavy atom. The molecule has 1 fully saturated rings. The summed E-state index contributed by atoms with van der Waals surface area (Å²) in [6.45, 7) is 5.04. The topological polar surface area (TPSA) is 33.2 Å². The van der Waals surface area contributed by atoms with E-state index in [1.807, 2.05) is 12.3 Å². The molecule has 1 aromatic carbocycles. The van der Waals surface area contributed by atoms with Crippen molar-refractivity contribution in [3.8, 4) is 0 Å². The molecule has 30 heavy (non-hydrogen) atoms. The van der Waals surface area contributed by atoms with Gasteiger partial charge in [-0.15, -0.1) is 11.3 Å². The molecule has 0 amide bonds. The quantitative estimate of drug-likeness (QED) is 0.519. The van der Waals surface area contributed by atoms with Gasteiger partial charge in [-0.25, -0.2) is 0 Å². The average Bonchev–Trinajstić information content (AvgIpc) is 3.18. The van der Waals surface area contributed by atoms with Crippen LogP contribution in [0.25, 0.3) is 5.57 Å². The molecule has 0 saturated carbocycles. The molecule has 5 rings (SSSR count). The number of thiophene rings is 1. The van der Waals surface area contributed by atoms with Gasteiger partial charge in [0.1, 0.15) is 0 Å². The van der Waals surface area contributed by atoms with E-state index >= 15 is 0 Å². The summed E-state index contributed by atoms with van der Waals surface area (Å²) in [6, 6.07) is 14.9. The number of hydrogen-bond acceptors (Lipinski definition) is 4. The van der Waals surface area contributed by atoms with E-state index in [0.29, 0.717) is 6.42 Å². The lowest BCUT2D eigenvalue weighted by Gasteiger charge is -2.30. The summed E-state index contributed by atoms with van der Waals surface area (Å²) in [7, 11) is 0. The SMILES string of the molecule is C.Cc1ccc(CN2CCC(=C3c4ccccc4CC(=O)c4sccc43)CC2)nc1. The summed E-state index contributed by atoms with van der Waals surface area (Å²) < 4.78 is 0. The first-order valence-electron chi connectivity index (χ1n) is 10.2. The van der Waals surface area contributed by atoms with Crippen LogP contribution in [-0.2, 0) is 13.0 Å². The summed E-state index contributed by atoms with van der Waals surface area (Å²) in [4.78, 5) is 20.8. The summed E-state index contributed by atoms with van der Waals surface area (Å²) in [6.07, 6.45) is 4.54. The molecule has 0 spiro atoms. The van der Waals surface area contributed by atoms with E-state index in [1.54, 1.807) is 11.3 Å². The van der Waals surface area contributed by atoms with Crippen molar-refractivity contribution in [2.45, 2.75) is 40.2 Å². The van der Waals surface area contributed by atoms with Gasteiger partial charge in [-0.1, -0.05) is 43.3 Å². The number of fused-ring (bicyclic) bond motifs is 2. The molecule has 1 aliphatic heterocycles. The van der Waals surface area contributed by atoms with Gasteiger partial charge in [0, 0.05) is 37.8 Å². The molecule has 0 bridgehead atoms. The van der Waals surface area contributed by atoms with Gasteiger partial charge in [0.2, 0.25) is 0 Å². The molecule has 1 saturated heterocycles. The van der Waals surface area contributed by atoms with Crippen molar-refractivity contribution < 1.29 is 4.79 Å². The Hall–Kier alpha value is -2.56.